The van der Waals surface area contributed by atoms with E-state index < -0.39 is 0 Å². The van der Waals surface area contributed by atoms with Crippen molar-refractivity contribution in [2.24, 2.45) is 0 Å². The maximum atomic E-state index is 3.57. The molecule has 0 atom stereocenters. The Balaban J connectivity index is 3.46. The van der Waals surface area contributed by atoms with Crippen LogP contribution in [0.1, 0.15) is 0 Å². The van der Waals surface area contributed by atoms with Crippen molar-refractivity contribution < 1.29 is 4.58 Å². The van der Waals surface area contributed by atoms with Gasteiger partial charge in [-0.25, -0.2) is 4.58 Å². The second-order valence-corrected chi connectivity index (χ2v) is 1.33. The zero-order valence-electron chi connectivity index (χ0n) is 4.59. The Morgan fingerprint density at radius 2 is 2.14 bits per heavy atom. The maximum Gasteiger partial charge on any atom is 0.167 e. The average Bonchev–Trinajstić information content (AvgIpc) is 1.61. The molecule has 0 aliphatic heterocycles. The quantitative estimate of drug-likeness (QED) is 0.274. The van der Waals surface area contributed by atoms with Crippen molar-refractivity contribution in [1.29, 1.82) is 0 Å². The highest BCUT2D eigenvalue weighted by Crippen LogP contribution is 1.69. The molecule has 0 rings (SSSR count). The molecule has 38 valence electrons. The van der Waals surface area contributed by atoms with Gasteiger partial charge in [-0.1, -0.05) is 12.7 Å². The van der Waals surface area contributed by atoms with Crippen LogP contribution in [0.25, 0.3) is 0 Å². The molecule has 0 unspecified atom stereocenters. The number of hydrogen-bond donors (Lipinski definition) is 0. The van der Waals surface area contributed by atoms with Crippen LogP contribution in [0.15, 0.2) is 24.9 Å². The molecule has 0 aliphatic carbocycles. The summed E-state index contributed by atoms with van der Waals surface area (Å²) < 4.78 is 1.71. The van der Waals surface area contributed by atoms with Crippen LogP contribution in [0.3, 0.4) is 0 Å². The Hall–Kier alpha value is -0.850. The smallest absolute Gasteiger partial charge is 0.167 e. The molecule has 0 radical (unpaired) electrons. The van der Waals surface area contributed by atoms with Crippen molar-refractivity contribution in [2.45, 2.75) is 0 Å². The van der Waals surface area contributed by atoms with Gasteiger partial charge in [0.1, 0.15) is 13.8 Å². The largest absolute Gasteiger partial charge is 0.214 e. The second-order valence-electron chi connectivity index (χ2n) is 1.33. The number of hydrogen-bond acceptors (Lipinski definition) is 0. The minimum absolute atomic E-state index is 1.71. The van der Waals surface area contributed by atoms with Crippen molar-refractivity contribution in [3.63, 3.8) is 0 Å². The Kier molecular flexibility index (Phi) is 2.94. The van der Waals surface area contributed by atoms with Gasteiger partial charge in [-0.2, -0.15) is 0 Å². The van der Waals surface area contributed by atoms with Crippen LogP contribution < -0.4 is 0 Å². The lowest BCUT2D eigenvalue weighted by atomic mass is 10.6. The van der Waals surface area contributed by atoms with Gasteiger partial charge in [0.05, 0.1) is 0 Å². The minimum Gasteiger partial charge on any atom is -0.214 e. The third-order valence-electron chi connectivity index (χ3n) is 0.477. The zero-order valence-corrected chi connectivity index (χ0v) is 4.59. The van der Waals surface area contributed by atoms with Gasteiger partial charge in [-0.15, -0.1) is 0 Å². The SMILES string of the molecule is C=C/C=C\[N+](=C)C. The summed E-state index contributed by atoms with van der Waals surface area (Å²) in [5, 5.41) is 0. The Bertz CT molecular complexity index is 101. The van der Waals surface area contributed by atoms with Gasteiger partial charge in [0.25, 0.3) is 0 Å². The van der Waals surface area contributed by atoms with Crippen LogP contribution in [-0.2, 0) is 0 Å². The van der Waals surface area contributed by atoms with Gasteiger partial charge in [0.15, 0.2) is 6.20 Å². The predicted molar refractivity (Wildman–Crippen MR) is 32.6 cm³/mol. The molecule has 0 bridgehead atoms. The molecule has 0 amide bonds. The summed E-state index contributed by atoms with van der Waals surface area (Å²) >= 11 is 0. The number of rotatable bonds is 2. The summed E-state index contributed by atoms with van der Waals surface area (Å²) in [6.07, 6.45) is 5.36. The monoisotopic (exact) mass is 96.1 g/mol. The van der Waals surface area contributed by atoms with Crippen LogP contribution in [-0.4, -0.2) is 18.3 Å². The van der Waals surface area contributed by atoms with E-state index in [0.717, 1.165) is 0 Å². The molecule has 7 heavy (non-hydrogen) atoms. The highest BCUT2D eigenvalue weighted by atomic mass is 14.9. The van der Waals surface area contributed by atoms with E-state index in [4.69, 9.17) is 0 Å². The average molecular weight is 96.2 g/mol. The molecule has 0 aromatic rings. The minimum atomic E-state index is 1.71. The molecule has 0 N–H and O–H groups in total. The van der Waals surface area contributed by atoms with Gasteiger partial charge in [-0.3, -0.25) is 0 Å². The van der Waals surface area contributed by atoms with Crippen molar-refractivity contribution in [2.75, 3.05) is 7.05 Å². The van der Waals surface area contributed by atoms with E-state index in [0.29, 0.717) is 0 Å². The van der Waals surface area contributed by atoms with Crippen LogP contribution in [0, 0.1) is 0 Å². The maximum absolute atomic E-state index is 3.57. The first-order chi connectivity index (χ1) is 3.27. The first-order valence-corrected chi connectivity index (χ1v) is 2.10. The van der Waals surface area contributed by atoms with Gasteiger partial charge in [0.2, 0.25) is 0 Å². The van der Waals surface area contributed by atoms with Crippen LogP contribution in [0.5, 0.6) is 0 Å². The summed E-state index contributed by atoms with van der Waals surface area (Å²) in [5.41, 5.74) is 0. The second kappa shape index (κ2) is 3.34. The third-order valence-corrected chi connectivity index (χ3v) is 0.477. The first-order valence-electron chi connectivity index (χ1n) is 2.10. The fourth-order valence-electron chi connectivity index (χ4n) is 0.208. The fourth-order valence-corrected chi connectivity index (χ4v) is 0.208. The molecule has 0 fully saturated rings. The molecule has 0 heterocycles. The van der Waals surface area contributed by atoms with Crippen LogP contribution in [0.2, 0.25) is 0 Å². The summed E-state index contributed by atoms with van der Waals surface area (Å²) in [7, 11) is 1.86. The van der Waals surface area contributed by atoms with Gasteiger partial charge >= 0.3 is 0 Å². The van der Waals surface area contributed by atoms with E-state index in [1.54, 1.807) is 10.7 Å². The standard InChI is InChI=1S/C6H10N/c1-4-5-6-7(2)3/h4-6H,1-2H2,3H3/q+1/b6-5-. The normalized spacial score (nSPS) is 9.29. The molecule has 0 aromatic carbocycles. The highest BCUT2D eigenvalue weighted by molar-refractivity contribution is 5.15. The fraction of sp³-hybridized carbons (Fsp3) is 0.167. The summed E-state index contributed by atoms with van der Waals surface area (Å²) in [4.78, 5) is 0. The van der Waals surface area contributed by atoms with Gasteiger partial charge in [0, 0.05) is 6.08 Å². The Morgan fingerprint density at radius 3 is 2.29 bits per heavy atom. The molecule has 0 spiro atoms. The van der Waals surface area contributed by atoms with E-state index >= 15 is 0 Å². The Labute approximate surface area is 44.3 Å². The third kappa shape index (κ3) is 5.15. The van der Waals surface area contributed by atoms with Crippen molar-refractivity contribution >= 4 is 6.72 Å². The van der Waals surface area contributed by atoms with Gasteiger partial charge in [-0.05, 0) is 0 Å². The lowest BCUT2D eigenvalue weighted by molar-refractivity contribution is -0.412. The Morgan fingerprint density at radius 1 is 1.57 bits per heavy atom. The molecule has 0 saturated heterocycles. The van der Waals surface area contributed by atoms with Crippen LogP contribution >= 0.6 is 0 Å². The summed E-state index contributed by atoms with van der Waals surface area (Å²) in [5.74, 6) is 0. The van der Waals surface area contributed by atoms with Crippen molar-refractivity contribution in [1.82, 2.24) is 0 Å². The molecular weight excluding hydrogens is 86.1 g/mol. The zero-order chi connectivity index (χ0) is 5.70. The van der Waals surface area contributed by atoms with E-state index in [2.05, 4.69) is 13.3 Å². The summed E-state index contributed by atoms with van der Waals surface area (Å²) in [6, 6.07) is 0. The van der Waals surface area contributed by atoms with Crippen LogP contribution in [0.4, 0.5) is 0 Å². The highest BCUT2D eigenvalue weighted by Gasteiger charge is 1.70. The molecular formula is C6H10N+. The summed E-state index contributed by atoms with van der Waals surface area (Å²) in [6.45, 7) is 7.07. The van der Waals surface area contributed by atoms with E-state index in [-0.39, 0.29) is 0 Å². The lowest BCUT2D eigenvalue weighted by Gasteiger charge is -1.73. The number of allylic oxidation sites excluding steroid dienone is 2. The molecule has 0 aromatic heterocycles. The molecule has 1 nitrogen and oxygen atoms in total. The lowest BCUT2D eigenvalue weighted by Crippen LogP contribution is -1.86. The topological polar surface area (TPSA) is 3.01 Å². The van der Waals surface area contributed by atoms with Crippen molar-refractivity contribution in [3.8, 4) is 0 Å². The van der Waals surface area contributed by atoms with Gasteiger partial charge < -0.3 is 0 Å². The number of nitrogens with zero attached hydrogens (tertiary/aromatic N) is 1. The van der Waals surface area contributed by atoms with Crippen molar-refractivity contribution in [3.05, 3.63) is 24.9 Å². The molecule has 0 aliphatic rings. The van der Waals surface area contributed by atoms with E-state index in [1.807, 2.05) is 19.3 Å². The van der Waals surface area contributed by atoms with E-state index in [1.165, 1.54) is 0 Å². The molecule has 0 saturated carbocycles. The molecule has 1 heteroatoms. The predicted octanol–water partition coefficient (Wildman–Crippen LogP) is 1.03. The van der Waals surface area contributed by atoms with E-state index in [9.17, 15) is 0 Å². The first kappa shape index (κ1) is 6.15.